The van der Waals surface area contributed by atoms with E-state index in [4.69, 9.17) is 4.74 Å². The van der Waals surface area contributed by atoms with Crippen molar-refractivity contribution in [3.63, 3.8) is 0 Å². The summed E-state index contributed by atoms with van der Waals surface area (Å²) in [5.41, 5.74) is 1.64. The Morgan fingerprint density at radius 2 is 1.86 bits per heavy atom. The highest BCUT2D eigenvalue weighted by molar-refractivity contribution is 5.31. The molecule has 1 aliphatic carbocycles. The molecule has 0 saturated heterocycles. The molecule has 2 heteroatoms. The van der Waals surface area contributed by atoms with Crippen LogP contribution < -0.4 is 10.1 Å². The van der Waals surface area contributed by atoms with Gasteiger partial charge in [-0.05, 0) is 61.8 Å². The van der Waals surface area contributed by atoms with Crippen molar-refractivity contribution in [3.05, 3.63) is 29.8 Å². The van der Waals surface area contributed by atoms with Gasteiger partial charge in [-0.2, -0.15) is 0 Å². The molecule has 0 aliphatic heterocycles. The predicted octanol–water partition coefficient (Wildman–Crippen LogP) is 4.67. The van der Waals surface area contributed by atoms with E-state index in [2.05, 4.69) is 57.3 Å². The van der Waals surface area contributed by atoms with Gasteiger partial charge in [0.25, 0.3) is 0 Å². The first-order valence-electron chi connectivity index (χ1n) is 8.57. The normalized spacial score (nSPS) is 22.5. The molecule has 0 spiro atoms. The molecule has 1 aliphatic rings. The third kappa shape index (κ3) is 4.23. The van der Waals surface area contributed by atoms with Gasteiger partial charge in [0.1, 0.15) is 11.9 Å². The van der Waals surface area contributed by atoms with Crippen molar-refractivity contribution in [1.82, 2.24) is 5.32 Å². The second-order valence-electron chi connectivity index (χ2n) is 6.91. The summed E-state index contributed by atoms with van der Waals surface area (Å²) in [7, 11) is 0. The van der Waals surface area contributed by atoms with Crippen molar-refractivity contribution in [3.8, 4) is 5.75 Å². The fraction of sp³-hybridized carbons (Fsp3) is 0.684. The van der Waals surface area contributed by atoms with Gasteiger partial charge in [0.05, 0.1) is 0 Å². The summed E-state index contributed by atoms with van der Waals surface area (Å²) >= 11 is 0. The molecule has 1 aromatic rings. The Labute approximate surface area is 130 Å². The number of benzene rings is 1. The largest absolute Gasteiger partial charge is 0.489 e. The van der Waals surface area contributed by atoms with E-state index in [1.807, 2.05) is 0 Å². The van der Waals surface area contributed by atoms with Crippen molar-refractivity contribution in [2.24, 2.45) is 0 Å². The summed E-state index contributed by atoms with van der Waals surface area (Å²) < 4.78 is 6.22. The summed E-state index contributed by atoms with van der Waals surface area (Å²) in [6.45, 7) is 10.1. The minimum Gasteiger partial charge on any atom is -0.489 e. The predicted molar refractivity (Wildman–Crippen MR) is 90.1 cm³/mol. The zero-order valence-corrected chi connectivity index (χ0v) is 14.1. The summed E-state index contributed by atoms with van der Waals surface area (Å²) in [5, 5.41) is 3.62. The van der Waals surface area contributed by atoms with Crippen LogP contribution in [0.3, 0.4) is 0 Å². The molecule has 2 atom stereocenters. The van der Waals surface area contributed by atoms with Gasteiger partial charge in [0.15, 0.2) is 0 Å². The lowest BCUT2D eigenvalue weighted by Crippen LogP contribution is -2.39. The Hall–Kier alpha value is -1.02. The lowest BCUT2D eigenvalue weighted by molar-refractivity contribution is 0.175. The van der Waals surface area contributed by atoms with Gasteiger partial charge in [0.2, 0.25) is 0 Å². The third-order valence-corrected chi connectivity index (χ3v) is 4.92. The van der Waals surface area contributed by atoms with Crippen LogP contribution in [0.25, 0.3) is 0 Å². The summed E-state index contributed by atoms with van der Waals surface area (Å²) in [6, 6.07) is 9.26. The van der Waals surface area contributed by atoms with Crippen LogP contribution in [-0.4, -0.2) is 18.7 Å². The van der Waals surface area contributed by atoms with Crippen LogP contribution in [-0.2, 0) is 5.41 Å². The smallest absolute Gasteiger partial charge is 0.119 e. The maximum absolute atomic E-state index is 6.22. The molecule has 0 radical (unpaired) electrons. The summed E-state index contributed by atoms with van der Waals surface area (Å²) in [6.07, 6.45) is 6.35. The highest BCUT2D eigenvalue weighted by Crippen LogP contribution is 2.30. The van der Waals surface area contributed by atoms with Gasteiger partial charge in [0, 0.05) is 6.04 Å². The van der Waals surface area contributed by atoms with Gasteiger partial charge in [-0.1, -0.05) is 39.8 Å². The average Bonchev–Trinajstić information content (AvgIpc) is 2.93. The SMILES string of the molecule is CCCNC1CCCC1Oc1ccc(C(C)(C)CC)cc1. The molecule has 0 aromatic heterocycles. The summed E-state index contributed by atoms with van der Waals surface area (Å²) in [5.74, 6) is 1.01. The molecule has 1 fully saturated rings. The highest BCUT2D eigenvalue weighted by atomic mass is 16.5. The number of ether oxygens (including phenoxy) is 1. The van der Waals surface area contributed by atoms with Gasteiger partial charge >= 0.3 is 0 Å². The molecule has 118 valence electrons. The number of hydrogen-bond donors (Lipinski definition) is 1. The maximum Gasteiger partial charge on any atom is 0.119 e. The summed E-state index contributed by atoms with van der Waals surface area (Å²) in [4.78, 5) is 0. The van der Waals surface area contributed by atoms with E-state index in [1.54, 1.807) is 0 Å². The zero-order valence-electron chi connectivity index (χ0n) is 14.1. The highest BCUT2D eigenvalue weighted by Gasteiger charge is 2.28. The Balaban J connectivity index is 1.96. The number of nitrogens with one attached hydrogen (secondary N) is 1. The van der Waals surface area contributed by atoms with Crippen LogP contribution in [0.15, 0.2) is 24.3 Å². The fourth-order valence-corrected chi connectivity index (χ4v) is 2.99. The van der Waals surface area contributed by atoms with E-state index < -0.39 is 0 Å². The van der Waals surface area contributed by atoms with Crippen LogP contribution in [0.4, 0.5) is 0 Å². The molecule has 1 N–H and O–H groups in total. The first kappa shape index (κ1) is 16.4. The molecule has 1 saturated carbocycles. The van der Waals surface area contributed by atoms with E-state index in [-0.39, 0.29) is 5.41 Å². The van der Waals surface area contributed by atoms with Crippen molar-refractivity contribution >= 4 is 0 Å². The van der Waals surface area contributed by atoms with E-state index in [0.717, 1.165) is 18.7 Å². The van der Waals surface area contributed by atoms with Crippen molar-refractivity contribution in [2.45, 2.75) is 77.4 Å². The molecule has 2 unspecified atom stereocenters. The second-order valence-corrected chi connectivity index (χ2v) is 6.91. The molecule has 0 heterocycles. The van der Waals surface area contributed by atoms with E-state index in [9.17, 15) is 0 Å². The van der Waals surface area contributed by atoms with Gasteiger partial charge in [-0.25, -0.2) is 0 Å². The molecular weight excluding hydrogens is 258 g/mol. The van der Waals surface area contributed by atoms with E-state index >= 15 is 0 Å². The quantitative estimate of drug-likeness (QED) is 0.787. The molecule has 2 nitrogen and oxygen atoms in total. The third-order valence-electron chi connectivity index (χ3n) is 4.92. The first-order valence-corrected chi connectivity index (χ1v) is 8.57. The Morgan fingerprint density at radius 1 is 1.14 bits per heavy atom. The van der Waals surface area contributed by atoms with Gasteiger partial charge in [-0.3, -0.25) is 0 Å². The molecule has 2 rings (SSSR count). The number of hydrogen-bond acceptors (Lipinski definition) is 2. The minimum absolute atomic E-state index is 0.247. The Morgan fingerprint density at radius 3 is 2.48 bits per heavy atom. The van der Waals surface area contributed by atoms with Crippen LogP contribution in [0, 0.1) is 0 Å². The Bertz CT molecular complexity index is 424. The van der Waals surface area contributed by atoms with Crippen molar-refractivity contribution in [2.75, 3.05) is 6.54 Å². The molecule has 0 amide bonds. The molecule has 21 heavy (non-hydrogen) atoms. The van der Waals surface area contributed by atoms with Crippen LogP contribution in [0.1, 0.15) is 65.4 Å². The maximum atomic E-state index is 6.22. The molecular formula is C19H31NO. The average molecular weight is 289 g/mol. The lowest BCUT2D eigenvalue weighted by Gasteiger charge is -2.25. The lowest BCUT2D eigenvalue weighted by atomic mass is 9.82. The first-order chi connectivity index (χ1) is 10.1. The van der Waals surface area contributed by atoms with Gasteiger partial charge in [-0.15, -0.1) is 0 Å². The van der Waals surface area contributed by atoms with Gasteiger partial charge < -0.3 is 10.1 Å². The molecule has 1 aromatic carbocycles. The van der Waals surface area contributed by atoms with Crippen LogP contribution in [0.2, 0.25) is 0 Å². The monoisotopic (exact) mass is 289 g/mol. The topological polar surface area (TPSA) is 21.3 Å². The van der Waals surface area contributed by atoms with Crippen molar-refractivity contribution in [1.29, 1.82) is 0 Å². The van der Waals surface area contributed by atoms with Crippen molar-refractivity contribution < 1.29 is 4.74 Å². The molecule has 0 bridgehead atoms. The van der Waals surface area contributed by atoms with Crippen LogP contribution in [0.5, 0.6) is 5.75 Å². The minimum atomic E-state index is 0.247. The zero-order chi connectivity index (χ0) is 15.3. The van der Waals surface area contributed by atoms with E-state index in [1.165, 1.54) is 31.2 Å². The Kier molecular flexibility index (Phi) is 5.69. The second kappa shape index (κ2) is 7.31. The number of rotatable bonds is 7. The van der Waals surface area contributed by atoms with Crippen LogP contribution >= 0.6 is 0 Å². The standard InChI is InChI=1S/C19H31NO/c1-5-14-20-17-8-7-9-18(17)21-16-12-10-15(11-13-16)19(3,4)6-2/h10-13,17-18,20H,5-9,14H2,1-4H3. The van der Waals surface area contributed by atoms with E-state index in [0.29, 0.717) is 12.1 Å². The fourth-order valence-electron chi connectivity index (χ4n) is 2.99.